The number of carbonyl (C=O) groups excluding carboxylic acids is 1. The second-order valence-corrected chi connectivity index (χ2v) is 4.02. The van der Waals surface area contributed by atoms with Crippen LogP contribution in [-0.2, 0) is 4.79 Å². The lowest BCUT2D eigenvalue weighted by molar-refractivity contribution is -0.167. The number of nitrogens with one attached hydrogen (secondary N) is 2. The van der Waals surface area contributed by atoms with Gasteiger partial charge in [-0.2, -0.15) is 18.4 Å². The molecule has 4 nitrogen and oxygen atoms in total. The standard InChI is InChI=1S/C11H5ClF3N3O/c12-6-4-17-9-7(18-10(19)11(13,14)15)2-1-5(3-16)8(6)9/h1-2,4,17H,(H,18,19). The molecule has 0 aliphatic rings. The Labute approximate surface area is 109 Å². The highest BCUT2D eigenvalue weighted by Crippen LogP contribution is 2.32. The predicted octanol–water partition coefficient (Wildman–Crippen LogP) is 3.19. The molecule has 1 heterocycles. The number of amides is 1. The van der Waals surface area contributed by atoms with Crippen molar-refractivity contribution in [2.24, 2.45) is 0 Å². The second-order valence-electron chi connectivity index (χ2n) is 3.61. The molecular weight excluding hydrogens is 283 g/mol. The van der Waals surface area contributed by atoms with Gasteiger partial charge < -0.3 is 10.3 Å². The largest absolute Gasteiger partial charge is 0.471 e. The van der Waals surface area contributed by atoms with E-state index in [9.17, 15) is 18.0 Å². The Morgan fingerprint density at radius 2 is 2.11 bits per heavy atom. The van der Waals surface area contributed by atoms with Crippen molar-refractivity contribution >= 4 is 34.1 Å². The average molecular weight is 288 g/mol. The molecule has 0 atom stereocenters. The number of aromatic amines is 1. The zero-order valence-electron chi connectivity index (χ0n) is 9.10. The van der Waals surface area contributed by atoms with Crippen LogP contribution in [0.15, 0.2) is 18.3 Å². The maximum atomic E-state index is 12.2. The van der Waals surface area contributed by atoms with Crippen LogP contribution in [0.3, 0.4) is 0 Å². The summed E-state index contributed by atoms with van der Waals surface area (Å²) in [5.41, 5.74) is 0.274. The van der Waals surface area contributed by atoms with E-state index in [1.807, 2.05) is 6.07 Å². The van der Waals surface area contributed by atoms with Crippen molar-refractivity contribution in [3.05, 3.63) is 28.9 Å². The maximum absolute atomic E-state index is 12.2. The molecule has 0 bridgehead atoms. The van der Waals surface area contributed by atoms with Gasteiger partial charge in [-0.05, 0) is 12.1 Å². The van der Waals surface area contributed by atoms with Gasteiger partial charge in [-0.3, -0.25) is 4.79 Å². The van der Waals surface area contributed by atoms with Crippen molar-refractivity contribution in [1.29, 1.82) is 5.26 Å². The molecule has 0 fully saturated rings. The number of fused-ring (bicyclic) bond motifs is 1. The number of rotatable bonds is 1. The van der Waals surface area contributed by atoms with Gasteiger partial charge in [-0.1, -0.05) is 11.6 Å². The Kier molecular flexibility index (Phi) is 3.12. The van der Waals surface area contributed by atoms with Gasteiger partial charge in [0.15, 0.2) is 0 Å². The van der Waals surface area contributed by atoms with Crippen LogP contribution in [-0.4, -0.2) is 17.1 Å². The Bertz CT molecular complexity index is 699. The SMILES string of the molecule is N#Cc1ccc(NC(=O)C(F)(F)F)c2[nH]cc(Cl)c12. The van der Waals surface area contributed by atoms with Gasteiger partial charge >= 0.3 is 12.1 Å². The molecule has 0 saturated heterocycles. The lowest BCUT2D eigenvalue weighted by Crippen LogP contribution is -2.30. The molecule has 2 rings (SSSR count). The fourth-order valence-corrected chi connectivity index (χ4v) is 1.85. The fraction of sp³-hybridized carbons (Fsp3) is 0.0909. The van der Waals surface area contributed by atoms with Gasteiger partial charge in [0, 0.05) is 11.6 Å². The summed E-state index contributed by atoms with van der Waals surface area (Å²) >= 11 is 5.84. The molecule has 1 amide bonds. The summed E-state index contributed by atoms with van der Waals surface area (Å²) in [5, 5.41) is 11.1. The van der Waals surface area contributed by atoms with Crippen LogP contribution in [0.1, 0.15) is 5.56 Å². The third-order valence-corrected chi connectivity index (χ3v) is 2.71. The number of hydrogen-bond acceptors (Lipinski definition) is 2. The highest BCUT2D eigenvalue weighted by atomic mass is 35.5. The number of anilines is 1. The number of nitrogens with zero attached hydrogens (tertiary/aromatic N) is 1. The molecule has 1 aromatic carbocycles. The molecule has 0 spiro atoms. The normalized spacial score (nSPS) is 11.3. The summed E-state index contributed by atoms with van der Waals surface area (Å²) in [5.74, 6) is -2.09. The molecule has 98 valence electrons. The Balaban J connectivity index is 2.53. The highest BCUT2D eigenvalue weighted by molar-refractivity contribution is 6.36. The Morgan fingerprint density at radius 1 is 1.42 bits per heavy atom. The lowest BCUT2D eigenvalue weighted by Gasteiger charge is -2.09. The van der Waals surface area contributed by atoms with Gasteiger partial charge in [0.25, 0.3) is 0 Å². The molecule has 0 aliphatic carbocycles. The van der Waals surface area contributed by atoms with E-state index in [0.29, 0.717) is 0 Å². The third kappa shape index (κ3) is 2.35. The first-order valence-electron chi connectivity index (χ1n) is 4.92. The van der Waals surface area contributed by atoms with E-state index in [1.54, 1.807) is 5.32 Å². The molecule has 0 saturated carbocycles. The number of carbonyl (C=O) groups is 1. The molecule has 19 heavy (non-hydrogen) atoms. The highest BCUT2D eigenvalue weighted by Gasteiger charge is 2.39. The van der Waals surface area contributed by atoms with Crippen LogP contribution in [0.25, 0.3) is 10.9 Å². The van der Waals surface area contributed by atoms with E-state index in [0.717, 1.165) is 0 Å². The van der Waals surface area contributed by atoms with E-state index >= 15 is 0 Å². The van der Waals surface area contributed by atoms with Gasteiger partial charge in [-0.15, -0.1) is 0 Å². The minimum absolute atomic E-state index is 0.0942. The number of alkyl halides is 3. The van der Waals surface area contributed by atoms with Crippen molar-refractivity contribution < 1.29 is 18.0 Å². The first-order valence-corrected chi connectivity index (χ1v) is 5.30. The zero-order valence-corrected chi connectivity index (χ0v) is 9.86. The first-order chi connectivity index (χ1) is 8.84. The Hall–Kier alpha value is -2.20. The molecule has 2 aromatic rings. The van der Waals surface area contributed by atoms with Crippen LogP contribution in [0.5, 0.6) is 0 Å². The number of halogens is 4. The molecule has 1 aromatic heterocycles. The topological polar surface area (TPSA) is 68.7 Å². The fourth-order valence-electron chi connectivity index (χ4n) is 1.60. The van der Waals surface area contributed by atoms with Crippen LogP contribution < -0.4 is 5.32 Å². The van der Waals surface area contributed by atoms with E-state index in [2.05, 4.69) is 4.98 Å². The minimum atomic E-state index is -4.99. The number of hydrogen-bond donors (Lipinski definition) is 2. The Morgan fingerprint density at radius 3 is 2.68 bits per heavy atom. The number of H-pyrrole nitrogens is 1. The molecule has 0 aliphatic heterocycles. The molecular formula is C11H5ClF3N3O. The average Bonchev–Trinajstić information content (AvgIpc) is 2.72. The van der Waals surface area contributed by atoms with Gasteiger partial charge in [0.1, 0.15) is 0 Å². The van der Waals surface area contributed by atoms with Gasteiger partial charge in [0.05, 0.1) is 27.9 Å². The van der Waals surface area contributed by atoms with Crippen molar-refractivity contribution in [1.82, 2.24) is 4.98 Å². The van der Waals surface area contributed by atoms with E-state index in [-0.39, 0.29) is 27.2 Å². The molecule has 8 heteroatoms. The van der Waals surface area contributed by atoms with Crippen LogP contribution in [0.2, 0.25) is 5.02 Å². The van der Waals surface area contributed by atoms with Crippen molar-refractivity contribution in [2.45, 2.75) is 6.18 Å². The van der Waals surface area contributed by atoms with Crippen molar-refractivity contribution in [2.75, 3.05) is 5.32 Å². The molecule has 0 radical (unpaired) electrons. The number of aromatic nitrogens is 1. The van der Waals surface area contributed by atoms with Crippen LogP contribution in [0.4, 0.5) is 18.9 Å². The summed E-state index contributed by atoms with van der Waals surface area (Å²) < 4.78 is 36.6. The van der Waals surface area contributed by atoms with Gasteiger partial charge in [0.2, 0.25) is 0 Å². The summed E-state index contributed by atoms with van der Waals surface area (Å²) in [6, 6.07) is 4.36. The minimum Gasteiger partial charge on any atom is -0.358 e. The molecule has 0 unspecified atom stereocenters. The van der Waals surface area contributed by atoms with Crippen molar-refractivity contribution in [3.63, 3.8) is 0 Å². The smallest absolute Gasteiger partial charge is 0.358 e. The quantitative estimate of drug-likeness (QED) is 0.845. The van der Waals surface area contributed by atoms with E-state index < -0.39 is 12.1 Å². The summed E-state index contributed by atoms with van der Waals surface area (Å²) in [7, 11) is 0. The van der Waals surface area contributed by atoms with Crippen LogP contribution >= 0.6 is 11.6 Å². The number of benzene rings is 1. The first kappa shape index (κ1) is 13.2. The molecule has 2 N–H and O–H groups in total. The predicted molar refractivity (Wildman–Crippen MR) is 62.7 cm³/mol. The van der Waals surface area contributed by atoms with Gasteiger partial charge in [-0.25, -0.2) is 0 Å². The second kappa shape index (κ2) is 4.48. The van der Waals surface area contributed by atoms with E-state index in [4.69, 9.17) is 16.9 Å². The maximum Gasteiger partial charge on any atom is 0.471 e. The van der Waals surface area contributed by atoms with E-state index in [1.165, 1.54) is 18.3 Å². The van der Waals surface area contributed by atoms with Crippen LogP contribution in [0, 0.1) is 11.3 Å². The monoisotopic (exact) mass is 287 g/mol. The number of nitriles is 1. The summed E-state index contributed by atoms with van der Waals surface area (Å²) in [6.07, 6.45) is -3.66. The van der Waals surface area contributed by atoms with Crippen molar-refractivity contribution in [3.8, 4) is 6.07 Å². The summed E-state index contributed by atoms with van der Waals surface area (Å²) in [6.45, 7) is 0. The third-order valence-electron chi connectivity index (χ3n) is 2.41. The lowest BCUT2D eigenvalue weighted by atomic mass is 10.1. The summed E-state index contributed by atoms with van der Waals surface area (Å²) in [4.78, 5) is 13.5. The zero-order chi connectivity index (χ0) is 14.2.